The number of hydrogen-bond donors (Lipinski definition) is 1. The quantitative estimate of drug-likeness (QED) is 0.803. The van der Waals surface area contributed by atoms with Crippen LogP contribution in [0.3, 0.4) is 0 Å². The summed E-state index contributed by atoms with van der Waals surface area (Å²) in [4.78, 5) is 12.3. The third-order valence-electron chi connectivity index (χ3n) is 3.04. The summed E-state index contributed by atoms with van der Waals surface area (Å²) in [7, 11) is 0. The van der Waals surface area contributed by atoms with E-state index in [9.17, 15) is 4.79 Å². The van der Waals surface area contributed by atoms with Crippen molar-refractivity contribution in [2.24, 2.45) is 0 Å². The molecule has 0 spiro atoms. The number of rotatable bonds is 3. The molecule has 0 bridgehead atoms. The van der Waals surface area contributed by atoms with Gasteiger partial charge < -0.3 is 0 Å². The Morgan fingerprint density at radius 3 is 2.77 bits per heavy atom. The van der Waals surface area contributed by atoms with Gasteiger partial charge in [0.1, 0.15) is 6.33 Å². The van der Waals surface area contributed by atoms with Crippen LogP contribution >= 0.6 is 11.6 Å². The van der Waals surface area contributed by atoms with E-state index < -0.39 is 0 Å². The molecule has 2 aromatic heterocycles. The Labute approximate surface area is 131 Å². The number of aryl methyl sites for hydroxylation is 2. The SMILES string of the molecule is Cc1cc(C)n(-c2nncn2NC(=O)c2cccc(Cl)c2)n1. The second-order valence-corrected chi connectivity index (χ2v) is 5.23. The number of hydrogen-bond acceptors (Lipinski definition) is 4. The molecule has 112 valence electrons. The third kappa shape index (κ3) is 2.71. The molecule has 1 amide bonds. The van der Waals surface area contributed by atoms with Crippen LogP contribution in [0.15, 0.2) is 36.7 Å². The number of carbonyl (C=O) groups excluding carboxylic acids is 1. The fraction of sp³-hybridized carbons (Fsp3) is 0.143. The maximum atomic E-state index is 12.3. The number of amides is 1. The molecule has 0 fully saturated rings. The van der Waals surface area contributed by atoms with Crippen molar-refractivity contribution in [3.63, 3.8) is 0 Å². The Morgan fingerprint density at radius 2 is 2.09 bits per heavy atom. The fourth-order valence-corrected chi connectivity index (χ4v) is 2.28. The van der Waals surface area contributed by atoms with Crippen LogP contribution in [0.4, 0.5) is 0 Å². The summed E-state index contributed by atoms with van der Waals surface area (Å²) in [5.74, 6) is 0.0889. The van der Waals surface area contributed by atoms with Crippen LogP contribution in [-0.2, 0) is 0 Å². The Bertz CT molecular complexity index is 837. The van der Waals surface area contributed by atoms with Crippen molar-refractivity contribution < 1.29 is 4.79 Å². The van der Waals surface area contributed by atoms with Gasteiger partial charge >= 0.3 is 0 Å². The van der Waals surface area contributed by atoms with Crippen LogP contribution in [0, 0.1) is 13.8 Å². The summed E-state index contributed by atoms with van der Waals surface area (Å²) in [6, 6.07) is 8.60. The van der Waals surface area contributed by atoms with Gasteiger partial charge in [-0.2, -0.15) is 5.10 Å². The number of carbonyl (C=O) groups is 1. The Balaban J connectivity index is 1.90. The predicted octanol–water partition coefficient (Wildman–Crippen LogP) is 2.12. The standard InChI is InChI=1S/C14H13ClN6O/c1-9-6-10(2)21(18-9)14-17-16-8-20(14)19-13(22)11-4-3-5-12(15)7-11/h3-8H,1-2H3,(H,19,22). The molecule has 1 aromatic carbocycles. The lowest BCUT2D eigenvalue weighted by Crippen LogP contribution is -2.25. The molecule has 1 N–H and O–H groups in total. The Kier molecular flexibility index (Phi) is 3.64. The van der Waals surface area contributed by atoms with Gasteiger partial charge in [0, 0.05) is 16.3 Å². The number of aromatic nitrogens is 5. The highest BCUT2D eigenvalue weighted by Crippen LogP contribution is 2.12. The zero-order valence-corrected chi connectivity index (χ0v) is 12.7. The normalized spacial score (nSPS) is 10.7. The summed E-state index contributed by atoms with van der Waals surface area (Å²) in [6.07, 6.45) is 1.41. The zero-order chi connectivity index (χ0) is 15.7. The first-order valence-electron chi connectivity index (χ1n) is 6.55. The Morgan fingerprint density at radius 1 is 1.27 bits per heavy atom. The monoisotopic (exact) mass is 316 g/mol. The van der Waals surface area contributed by atoms with E-state index in [4.69, 9.17) is 11.6 Å². The average molecular weight is 317 g/mol. The maximum Gasteiger partial charge on any atom is 0.271 e. The summed E-state index contributed by atoms with van der Waals surface area (Å²) < 4.78 is 3.03. The minimum atomic E-state index is -0.315. The first-order chi connectivity index (χ1) is 10.5. The van der Waals surface area contributed by atoms with Crippen molar-refractivity contribution in [1.82, 2.24) is 24.7 Å². The molecule has 0 aliphatic rings. The van der Waals surface area contributed by atoms with E-state index in [-0.39, 0.29) is 5.91 Å². The number of nitrogens with one attached hydrogen (secondary N) is 1. The fourth-order valence-electron chi connectivity index (χ4n) is 2.09. The first-order valence-corrected chi connectivity index (χ1v) is 6.93. The van der Waals surface area contributed by atoms with E-state index in [1.165, 1.54) is 11.0 Å². The highest BCUT2D eigenvalue weighted by atomic mass is 35.5. The lowest BCUT2D eigenvalue weighted by atomic mass is 10.2. The molecule has 0 aliphatic heterocycles. The van der Waals surface area contributed by atoms with E-state index in [1.807, 2.05) is 19.9 Å². The molecule has 0 aliphatic carbocycles. The predicted molar refractivity (Wildman–Crippen MR) is 81.8 cm³/mol. The van der Waals surface area contributed by atoms with E-state index in [0.717, 1.165) is 11.4 Å². The van der Waals surface area contributed by atoms with E-state index in [2.05, 4.69) is 20.7 Å². The van der Waals surface area contributed by atoms with Crippen LogP contribution < -0.4 is 5.43 Å². The van der Waals surface area contributed by atoms with Crippen LogP contribution in [-0.4, -0.2) is 30.6 Å². The number of halogens is 1. The van der Waals surface area contributed by atoms with Gasteiger partial charge in [-0.15, -0.1) is 10.2 Å². The number of nitrogens with zero attached hydrogens (tertiary/aromatic N) is 5. The molecule has 3 aromatic rings. The third-order valence-corrected chi connectivity index (χ3v) is 3.27. The molecule has 22 heavy (non-hydrogen) atoms. The van der Waals surface area contributed by atoms with Gasteiger partial charge in [-0.25, -0.2) is 9.36 Å². The first kappa shape index (κ1) is 14.3. The molecule has 3 rings (SSSR count). The largest absolute Gasteiger partial charge is 0.271 e. The minimum absolute atomic E-state index is 0.315. The highest BCUT2D eigenvalue weighted by Gasteiger charge is 2.14. The van der Waals surface area contributed by atoms with Crippen molar-refractivity contribution >= 4 is 17.5 Å². The van der Waals surface area contributed by atoms with Gasteiger partial charge in [-0.3, -0.25) is 10.2 Å². The summed E-state index contributed by atoms with van der Waals surface area (Å²) >= 11 is 5.90. The smallest absolute Gasteiger partial charge is 0.267 e. The zero-order valence-electron chi connectivity index (χ0n) is 12.0. The van der Waals surface area contributed by atoms with Crippen molar-refractivity contribution in [1.29, 1.82) is 0 Å². The van der Waals surface area contributed by atoms with Crippen molar-refractivity contribution in [3.8, 4) is 5.95 Å². The van der Waals surface area contributed by atoms with E-state index in [1.54, 1.807) is 28.9 Å². The molecule has 2 heterocycles. The molecule has 7 nitrogen and oxygen atoms in total. The van der Waals surface area contributed by atoms with E-state index in [0.29, 0.717) is 16.5 Å². The van der Waals surface area contributed by atoms with Gasteiger partial charge in [0.05, 0.1) is 5.69 Å². The Hall–Kier alpha value is -2.67. The molecule has 0 saturated carbocycles. The van der Waals surface area contributed by atoms with E-state index >= 15 is 0 Å². The van der Waals surface area contributed by atoms with Crippen LogP contribution in [0.1, 0.15) is 21.7 Å². The molecular formula is C14H13ClN6O. The van der Waals surface area contributed by atoms with Crippen molar-refractivity contribution in [2.75, 3.05) is 5.43 Å². The van der Waals surface area contributed by atoms with Gasteiger partial charge in [0.25, 0.3) is 11.9 Å². The van der Waals surface area contributed by atoms with Crippen LogP contribution in [0.2, 0.25) is 5.02 Å². The van der Waals surface area contributed by atoms with Gasteiger partial charge in [0.2, 0.25) is 0 Å². The van der Waals surface area contributed by atoms with Gasteiger partial charge in [-0.05, 0) is 38.1 Å². The summed E-state index contributed by atoms with van der Waals surface area (Å²) in [5, 5.41) is 12.6. The summed E-state index contributed by atoms with van der Waals surface area (Å²) in [5.41, 5.74) is 4.89. The lowest BCUT2D eigenvalue weighted by Gasteiger charge is -2.09. The molecule has 0 saturated heterocycles. The lowest BCUT2D eigenvalue weighted by molar-refractivity contribution is 0.101. The second kappa shape index (κ2) is 5.61. The van der Waals surface area contributed by atoms with Crippen LogP contribution in [0.25, 0.3) is 5.95 Å². The van der Waals surface area contributed by atoms with Crippen LogP contribution in [0.5, 0.6) is 0 Å². The number of benzene rings is 1. The molecule has 8 heteroatoms. The topological polar surface area (TPSA) is 77.6 Å². The molecule has 0 radical (unpaired) electrons. The van der Waals surface area contributed by atoms with Crippen molar-refractivity contribution in [3.05, 3.63) is 58.6 Å². The maximum absolute atomic E-state index is 12.3. The summed E-state index contributed by atoms with van der Waals surface area (Å²) in [6.45, 7) is 3.78. The molecular weight excluding hydrogens is 304 g/mol. The molecule has 0 unspecified atom stereocenters. The highest BCUT2D eigenvalue weighted by molar-refractivity contribution is 6.31. The molecule has 0 atom stereocenters. The average Bonchev–Trinajstić information content (AvgIpc) is 3.04. The minimum Gasteiger partial charge on any atom is -0.267 e. The van der Waals surface area contributed by atoms with Crippen molar-refractivity contribution in [2.45, 2.75) is 13.8 Å². The second-order valence-electron chi connectivity index (χ2n) is 4.79. The van der Waals surface area contributed by atoms with Gasteiger partial charge in [0.15, 0.2) is 0 Å². The van der Waals surface area contributed by atoms with Gasteiger partial charge in [-0.1, -0.05) is 17.7 Å².